The van der Waals surface area contributed by atoms with Gasteiger partial charge in [0, 0.05) is 12.7 Å². The van der Waals surface area contributed by atoms with Gasteiger partial charge in [-0.1, -0.05) is 24.3 Å². The Morgan fingerprint density at radius 2 is 1.48 bits per heavy atom. The zero-order valence-electron chi connectivity index (χ0n) is 17.9. The number of carbonyl (C=O) groups is 2. The Morgan fingerprint density at radius 3 is 1.90 bits per heavy atom. The number of rotatable bonds is 8. The first-order valence-electron chi connectivity index (χ1n) is 9.66. The van der Waals surface area contributed by atoms with Crippen molar-refractivity contribution >= 4 is 11.9 Å². The lowest BCUT2D eigenvalue weighted by Crippen LogP contribution is -2.33. The Labute approximate surface area is 180 Å². The van der Waals surface area contributed by atoms with Gasteiger partial charge in [-0.2, -0.15) is 5.10 Å². The molecule has 2 aromatic carbocycles. The van der Waals surface area contributed by atoms with Gasteiger partial charge in [0.15, 0.2) is 6.61 Å². The van der Waals surface area contributed by atoms with Gasteiger partial charge in [-0.3, -0.25) is 9.48 Å². The molecule has 0 bridgehead atoms. The SMILES string of the molecule is COc1ccc(C(NC(=O)COC(=O)c2cnn(C)c2C)c2ccc(OC)cc2)cc1. The van der Waals surface area contributed by atoms with E-state index < -0.39 is 24.5 Å². The number of methoxy groups -OCH3 is 2. The minimum absolute atomic E-state index is 0.331. The quantitative estimate of drug-likeness (QED) is 0.560. The van der Waals surface area contributed by atoms with Crippen molar-refractivity contribution < 1.29 is 23.8 Å². The molecule has 0 saturated heterocycles. The van der Waals surface area contributed by atoms with Crippen molar-refractivity contribution in [1.82, 2.24) is 15.1 Å². The predicted octanol–water partition coefficient (Wildman–Crippen LogP) is 2.81. The first-order valence-corrected chi connectivity index (χ1v) is 9.66. The largest absolute Gasteiger partial charge is 0.497 e. The number of benzene rings is 2. The Morgan fingerprint density at radius 1 is 0.968 bits per heavy atom. The molecule has 3 rings (SSSR count). The molecule has 3 aromatic rings. The lowest BCUT2D eigenvalue weighted by atomic mass is 9.98. The molecule has 162 valence electrons. The van der Waals surface area contributed by atoms with Gasteiger partial charge in [-0.25, -0.2) is 4.79 Å². The van der Waals surface area contributed by atoms with Gasteiger partial charge in [-0.05, 0) is 42.3 Å². The van der Waals surface area contributed by atoms with Crippen LogP contribution >= 0.6 is 0 Å². The molecule has 0 aliphatic carbocycles. The van der Waals surface area contributed by atoms with Crippen LogP contribution < -0.4 is 14.8 Å². The summed E-state index contributed by atoms with van der Waals surface area (Å²) in [6.45, 7) is 1.35. The molecule has 1 aromatic heterocycles. The Hall–Kier alpha value is -3.81. The Bertz CT molecular complexity index is 995. The van der Waals surface area contributed by atoms with Crippen molar-refractivity contribution in [3.8, 4) is 11.5 Å². The topological polar surface area (TPSA) is 91.7 Å². The molecule has 0 radical (unpaired) electrons. The van der Waals surface area contributed by atoms with Gasteiger partial charge in [0.05, 0.1) is 26.5 Å². The predicted molar refractivity (Wildman–Crippen MR) is 114 cm³/mol. The highest BCUT2D eigenvalue weighted by Crippen LogP contribution is 2.26. The van der Waals surface area contributed by atoms with Gasteiger partial charge in [-0.15, -0.1) is 0 Å². The zero-order valence-corrected chi connectivity index (χ0v) is 17.9. The number of hydrogen-bond donors (Lipinski definition) is 1. The number of esters is 1. The van der Waals surface area contributed by atoms with E-state index in [9.17, 15) is 9.59 Å². The number of amides is 1. The van der Waals surface area contributed by atoms with E-state index in [1.807, 2.05) is 48.5 Å². The first-order chi connectivity index (χ1) is 14.9. The average molecular weight is 423 g/mol. The summed E-state index contributed by atoms with van der Waals surface area (Å²) >= 11 is 0. The highest BCUT2D eigenvalue weighted by Gasteiger charge is 2.20. The third-order valence-electron chi connectivity index (χ3n) is 4.99. The minimum Gasteiger partial charge on any atom is -0.497 e. The summed E-state index contributed by atoms with van der Waals surface area (Å²) in [6, 6.07) is 14.3. The number of ether oxygens (including phenoxy) is 3. The smallest absolute Gasteiger partial charge is 0.342 e. The van der Waals surface area contributed by atoms with Gasteiger partial charge in [0.25, 0.3) is 5.91 Å². The van der Waals surface area contributed by atoms with Crippen LogP contribution in [0.4, 0.5) is 0 Å². The summed E-state index contributed by atoms with van der Waals surface area (Å²) in [5, 5.41) is 6.95. The van der Waals surface area contributed by atoms with Crippen LogP contribution in [0.2, 0.25) is 0 Å². The highest BCUT2D eigenvalue weighted by atomic mass is 16.5. The molecule has 0 saturated carbocycles. The summed E-state index contributed by atoms with van der Waals surface area (Å²) in [5.41, 5.74) is 2.71. The van der Waals surface area contributed by atoms with Crippen LogP contribution in [0, 0.1) is 6.92 Å². The van der Waals surface area contributed by atoms with Crippen molar-refractivity contribution in [3.63, 3.8) is 0 Å². The van der Waals surface area contributed by atoms with E-state index >= 15 is 0 Å². The number of aryl methyl sites for hydroxylation is 1. The fourth-order valence-electron chi connectivity index (χ4n) is 3.06. The number of nitrogens with zero attached hydrogens (tertiary/aromatic N) is 2. The fraction of sp³-hybridized carbons (Fsp3) is 0.261. The third kappa shape index (κ3) is 5.22. The first kappa shape index (κ1) is 21.9. The number of hydrogen-bond acceptors (Lipinski definition) is 6. The molecule has 0 aliphatic rings. The van der Waals surface area contributed by atoms with Gasteiger partial charge in [0.2, 0.25) is 0 Å². The molecule has 1 heterocycles. The van der Waals surface area contributed by atoms with Crippen molar-refractivity contribution in [2.24, 2.45) is 7.05 Å². The summed E-state index contributed by atoms with van der Waals surface area (Å²) in [7, 11) is 4.92. The lowest BCUT2D eigenvalue weighted by molar-refractivity contribution is -0.124. The molecule has 31 heavy (non-hydrogen) atoms. The standard InChI is InChI=1S/C23H25N3O5/c1-15-20(13-24-26(15)2)23(28)31-14-21(27)25-22(16-5-9-18(29-3)10-6-16)17-7-11-19(30-4)12-8-17/h5-13,22H,14H2,1-4H3,(H,25,27). The van der Waals surface area contributed by atoms with Crippen LogP contribution in [0.5, 0.6) is 11.5 Å². The average Bonchev–Trinajstić information content (AvgIpc) is 3.14. The molecule has 0 unspecified atom stereocenters. The molecule has 8 heteroatoms. The second-order valence-corrected chi connectivity index (χ2v) is 6.89. The van der Waals surface area contributed by atoms with Crippen molar-refractivity contribution in [2.75, 3.05) is 20.8 Å². The van der Waals surface area contributed by atoms with E-state index in [1.54, 1.807) is 32.9 Å². The van der Waals surface area contributed by atoms with E-state index in [2.05, 4.69) is 10.4 Å². The van der Waals surface area contributed by atoms with Gasteiger partial charge >= 0.3 is 5.97 Å². The van der Waals surface area contributed by atoms with E-state index in [4.69, 9.17) is 14.2 Å². The molecule has 8 nitrogen and oxygen atoms in total. The van der Waals surface area contributed by atoms with E-state index in [0.29, 0.717) is 22.8 Å². The zero-order chi connectivity index (χ0) is 22.4. The summed E-state index contributed by atoms with van der Waals surface area (Å²) in [4.78, 5) is 24.9. The summed E-state index contributed by atoms with van der Waals surface area (Å²) < 4.78 is 17.2. The Balaban J connectivity index is 1.74. The molecule has 1 N–H and O–H groups in total. The third-order valence-corrected chi connectivity index (χ3v) is 4.99. The van der Waals surface area contributed by atoms with E-state index in [1.165, 1.54) is 6.20 Å². The highest BCUT2D eigenvalue weighted by molar-refractivity contribution is 5.92. The molecular weight excluding hydrogens is 398 g/mol. The molecule has 0 aliphatic heterocycles. The Kier molecular flexibility index (Phi) is 6.92. The van der Waals surface area contributed by atoms with Crippen LogP contribution in [-0.2, 0) is 16.6 Å². The van der Waals surface area contributed by atoms with E-state index in [0.717, 1.165) is 11.1 Å². The van der Waals surface area contributed by atoms with Crippen molar-refractivity contribution in [2.45, 2.75) is 13.0 Å². The van der Waals surface area contributed by atoms with Crippen LogP contribution in [0.15, 0.2) is 54.7 Å². The summed E-state index contributed by atoms with van der Waals surface area (Å²) in [6.07, 6.45) is 1.42. The van der Waals surface area contributed by atoms with E-state index in [-0.39, 0.29) is 0 Å². The maximum Gasteiger partial charge on any atom is 0.342 e. The van der Waals surface area contributed by atoms with Crippen molar-refractivity contribution in [3.05, 3.63) is 77.1 Å². The van der Waals surface area contributed by atoms with Crippen LogP contribution in [0.25, 0.3) is 0 Å². The second-order valence-electron chi connectivity index (χ2n) is 6.89. The van der Waals surface area contributed by atoms with Crippen molar-refractivity contribution in [1.29, 1.82) is 0 Å². The lowest BCUT2D eigenvalue weighted by Gasteiger charge is -2.20. The summed E-state index contributed by atoms with van der Waals surface area (Å²) in [5.74, 6) is 0.409. The number of aromatic nitrogens is 2. The molecular formula is C23H25N3O5. The van der Waals surface area contributed by atoms with Crippen LogP contribution in [0.1, 0.15) is 33.2 Å². The second kappa shape index (κ2) is 9.80. The van der Waals surface area contributed by atoms with Gasteiger partial charge < -0.3 is 19.5 Å². The monoisotopic (exact) mass is 423 g/mol. The van der Waals surface area contributed by atoms with Crippen LogP contribution in [-0.4, -0.2) is 42.5 Å². The number of nitrogens with one attached hydrogen (secondary N) is 1. The van der Waals surface area contributed by atoms with Crippen LogP contribution in [0.3, 0.4) is 0 Å². The maximum atomic E-state index is 12.6. The number of carbonyl (C=O) groups excluding carboxylic acids is 2. The molecule has 0 atom stereocenters. The molecule has 0 fully saturated rings. The molecule has 1 amide bonds. The fourth-order valence-corrected chi connectivity index (χ4v) is 3.06. The normalized spacial score (nSPS) is 10.6. The maximum absolute atomic E-state index is 12.6. The van der Waals surface area contributed by atoms with Gasteiger partial charge in [0.1, 0.15) is 17.1 Å². The molecule has 0 spiro atoms. The minimum atomic E-state index is -0.591.